The number of hydrogen-bond acceptors (Lipinski definition) is 5. The molecule has 0 radical (unpaired) electrons. The van der Waals surface area contributed by atoms with E-state index in [-0.39, 0.29) is 0 Å². The summed E-state index contributed by atoms with van der Waals surface area (Å²) in [6, 6.07) is 4.57. The number of thiophene rings is 1. The number of nitrogens with zero attached hydrogens (tertiary/aromatic N) is 3. The van der Waals surface area contributed by atoms with E-state index in [1.807, 2.05) is 11.3 Å². The van der Waals surface area contributed by atoms with Crippen LogP contribution in [0, 0.1) is 0 Å². The van der Waals surface area contributed by atoms with Gasteiger partial charge in [-0.05, 0) is 50.8 Å². The molecule has 2 aromatic rings. The Morgan fingerprint density at radius 1 is 1.33 bits per heavy atom. The molecule has 0 atom stereocenters. The summed E-state index contributed by atoms with van der Waals surface area (Å²) in [6.45, 7) is 6.14. The van der Waals surface area contributed by atoms with Gasteiger partial charge in [-0.3, -0.25) is 4.90 Å². The first-order valence-corrected chi connectivity index (χ1v) is 8.35. The second-order valence-electron chi connectivity index (χ2n) is 5.91. The van der Waals surface area contributed by atoms with Gasteiger partial charge in [-0.15, -0.1) is 11.3 Å². The Labute approximate surface area is 130 Å². The first kappa shape index (κ1) is 14.5. The van der Waals surface area contributed by atoms with Gasteiger partial charge < -0.3 is 5.73 Å². The van der Waals surface area contributed by atoms with Gasteiger partial charge in [0.2, 0.25) is 0 Å². The molecule has 0 unspecified atom stereocenters. The van der Waals surface area contributed by atoms with Crippen molar-refractivity contribution in [3.8, 4) is 0 Å². The molecule has 2 aromatic heterocycles. The van der Waals surface area contributed by atoms with E-state index in [9.17, 15) is 0 Å². The molecule has 0 saturated heterocycles. The molecule has 3 rings (SSSR count). The number of fused-ring (bicyclic) bond motifs is 1. The Morgan fingerprint density at radius 3 is 2.90 bits per heavy atom. The average Bonchev–Trinajstić information content (AvgIpc) is 2.98. The van der Waals surface area contributed by atoms with Crippen LogP contribution in [0.4, 0.5) is 5.82 Å². The van der Waals surface area contributed by atoms with Gasteiger partial charge in [-0.1, -0.05) is 0 Å². The first-order valence-electron chi connectivity index (χ1n) is 7.53. The summed E-state index contributed by atoms with van der Waals surface area (Å²) in [7, 11) is 0. The highest BCUT2D eigenvalue weighted by atomic mass is 32.1. The zero-order valence-corrected chi connectivity index (χ0v) is 13.5. The average molecular weight is 302 g/mol. The second-order valence-corrected chi connectivity index (χ2v) is 7.13. The molecule has 0 amide bonds. The summed E-state index contributed by atoms with van der Waals surface area (Å²) in [5, 5.41) is 0. The third-order valence-electron chi connectivity index (χ3n) is 3.96. The third-order valence-corrected chi connectivity index (χ3v) is 5.18. The summed E-state index contributed by atoms with van der Waals surface area (Å²) in [4.78, 5) is 14.1. The Balaban J connectivity index is 1.72. The molecule has 0 spiro atoms. The summed E-state index contributed by atoms with van der Waals surface area (Å²) in [5.74, 6) is 1.34. The van der Waals surface area contributed by atoms with Crippen LogP contribution < -0.4 is 5.73 Å². The second kappa shape index (κ2) is 6.12. The predicted molar refractivity (Wildman–Crippen MR) is 87.2 cm³/mol. The molecule has 21 heavy (non-hydrogen) atoms. The molecular weight excluding hydrogens is 280 g/mol. The molecule has 0 bridgehead atoms. The molecule has 4 nitrogen and oxygen atoms in total. The lowest BCUT2D eigenvalue weighted by atomic mass is 10.2. The van der Waals surface area contributed by atoms with Gasteiger partial charge in [0.15, 0.2) is 0 Å². The number of nitrogen functional groups attached to an aromatic ring is 1. The molecule has 1 aliphatic carbocycles. The Bertz CT molecular complexity index is 599. The lowest BCUT2D eigenvalue weighted by Gasteiger charge is -2.25. The van der Waals surface area contributed by atoms with E-state index in [1.54, 1.807) is 22.7 Å². The van der Waals surface area contributed by atoms with Gasteiger partial charge in [-0.25, -0.2) is 9.97 Å². The Hall–Kier alpha value is -1.46. The minimum atomic E-state index is 0.451. The summed E-state index contributed by atoms with van der Waals surface area (Å²) in [5.41, 5.74) is 7.31. The highest BCUT2D eigenvalue weighted by Gasteiger charge is 2.18. The largest absolute Gasteiger partial charge is 0.384 e. The molecule has 0 aliphatic heterocycles. The zero-order valence-electron chi connectivity index (χ0n) is 12.7. The summed E-state index contributed by atoms with van der Waals surface area (Å²) in [6.07, 6.45) is 5.58. The van der Waals surface area contributed by atoms with Crippen molar-refractivity contribution in [3.63, 3.8) is 0 Å². The number of rotatable bonds is 5. The van der Waals surface area contributed by atoms with Crippen molar-refractivity contribution in [2.24, 2.45) is 0 Å². The van der Waals surface area contributed by atoms with E-state index in [0.717, 1.165) is 18.9 Å². The van der Waals surface area contributed by atoms with Gasteiger partial charge in [0.05, 0.1) is 6.54 Å². The van der Waals surface area contributed by atoms with Crippen LogP contribution in [0.3, 0.4) is 0 Å². The summed E-state index contributed by atoms with van der Waals surface area (Å²) >= 11 is 1.97. The van der Waals surface area contributed by atoms with Gasteiger partial charge in [0.1, 0.15) is 11.6 Å². The zero-order chi connectivity index (χ0) is 14.8. The van der Waals surface area contributed by atoms with Crippen LogP contribution in [0.5, 0.6) is 0 Å². The number of aryl methyl sites for hydroxylation is 2. The van der Waals surface area contributed by atoms with Gasteiger partial charge in [0.25, 0.3) is 0 Å². The number of anilines is 1. The SMILES string of the molecule is CC(C)N(Cc1nccc(N)n1)Cc1cc2c(s1)CCC2. The van der Waals surface area contributed by atoms with Crippen LogP contribution in [0.2, 0.25) is 0 Å². The third kappa shape index (κ3) is 3.41. The molecule has 112 valence electrons. The maximum absolute atomic E-state index is 5.74. The molecule has 2 N–H and O–H groups in total. The minimum absolute atomic E-state index is 0.451. The van der Waals surface area contributed by atoms with Crippen LogP contribution >= 0.6 is 11.3 Å². The van der Waals surface area contributed by atoms with Gasteiger partial charge >= 0.3 is 0 Å². The van der Waals surface area contributed by atoms with E-state index in [2.05, 4.69) is 34.8 Å². The highest BCUT2D eigenvalue weighted by molar-refractivity contribution is 7.12. The highest BCUT2D eigenvalue weighted by Crippen LogP contribution is 2.31. The van der Waals surface area contributed by atoms with E-state index in [0.29, 0.717) is 11.9 Å². The molecular formula is C16H22N4S. The van der Waals surface area contributed by atoms with E-state index < -0.39 is 0 Å². The molecule has 5 heteroatoms. The molecule has 0 fully saturated rings. The fourth-order valence-corrected chi connectivity index (χ4v) is 4.05. The van der Waals surface area contributed by atoms with Crippen molar-refractivity contribution in [3.05, 3.63) is 39.5 Å². The Morgan fingerprint density at radius 2 is 2.19 bits per heavy atom. The van der Waals surface area contributed by atoms with E-state index >= 15 is 0 Å². The lowest BCUT2D eigenvalue weighted by molar-refractivity contribution is 0.200. The number of nitrogens with two attached hydrogens (primary N) is 1. The predicted octanol–water partition coefficient (Wildman–Crippen LogP) is 3.02. The fraction of sp³-hybridized carbons (Fsp3) is 0.500. The maximum Gasteiger partial charge on any atom is 0.144 e. The maximum atomic E-state index is 5.74. The van der Waals surface area contributed by atoms with E-state index in [1.165, 1.54) is 24.1 Å². The quantitative estimate of drug-likeness (QED) is 0.922. The first-order chi connectivity index (χ1) is 10.1. The van der Waals surface area contributed by atoms with Gasteiger partial charge in [0, 0.05) is 28.5 Å². The number of aromatic nitrogens is 2. The van der Waals surface area contributed by atoms with Crippen LogP contribution in [0.1, 0.15) is 41.4 Å². The standard InChI is InChI=1S/C16H22N4S/c1-11(2)20(10-16-18-7-6-15(17)19-16)9-13-8-12-4-3-5-14(12)21-13/h6-8,11H,3-5,9-10H2,1-2H3,(H2,17,18,19). The van der Waals surface area contributed by atoms with Crippen molar-refractivity contribution in [2.45, 2.75) is 52.2 Å². The van der Waals surface area contributed by atoms with Crippen molar-refractivity contribution in [2.75, 3.05) is 5.73 Å². The van der Waals surface area contributed by atoms with Crippen LogP contribution in [-0.4, -0.2) is 20.9 Å². The molecule has 0 aromatic carbocycles. The number of hydrogen-bond donors (Lipinski definition) is 1. The van der Waals surface area contributed by atoms with Gasteiger partial charge in [-0.2, -0.15) is 0 Å². The van der Waals surface area contributed by atoms with Crippen molar-refractivity contribution in [1.29, 1.82) is 0 Å². The molecule has 0 saturated carbocycles. The normalized spacial score (nSPS) is 14.1. The van der Waals surface area contributed by atoms with Crippen LogP contribution in [0.15, 0.2) is 18.3 Å². The van der Waals surface area contributed by atoms with Crippen LogP contribution in [-0.2, 0) is 25.9 Å². The fourth-order valence-electron chi connectivity index (χ4n) is 2.76. The topological polar surface area (TPSA) is 55.0 Å². The van der Waals surface area contributed by atoms with Crippen molar-refractivity contribution in [1.82, 2.24) is 14.9 Å². The Kier molecular flexibility index (Phi) is 4.22. The monoisotopic (exact) mass is 302 g/mol. The molecule has 2 heterocycles. The molecule has 1 aliphatic rings. The van der Waals surface area contributed by atoms with E-state index in [4.69, 9.17) is 5.73 Å². The van der Waals surface area contributed by atoms with Crippen LogP contribution in [0.25, 0.3) is 0 Å². The lowest BCUT2D eigenvalue weighted by Crippen LogP contribution is -2.30. The minimum Gasteiger partial charge on any atom is -0.384 e. The van der Waals surface area contributed by atoms with Crippen molar-refractivity contribution >= 4 is 17.2 Å². The summed E-state index contributed by atoms with van der Waals surface area (Å²) < 4.78 is 0. The smallest absolute Gasteiger partial charge is 0.144 e. The van der Waals surface area contributed by atoms with Crippen molar-refractivity contribution < 1.29 is 0 Å².